The summed E-state index contributed by atoms with van der Waals surface area (Å²) in [6.07, 6.45) is 8.34. The summed E-state index contributed by atoms with van der Waals surface area (Å²) in [4.78, 5) is 14.8. The van der Waals surface area contributed by atoms with E-state index in [1.54, 1.807) is 29.1 Å². The lowest BCUT2D eigenvalue weighted by atomic mass is 9.94. The van der Waals surface area contributed by atoms with E-state index in [1.165, 1.54) is 25.3 Å². The number of benzene rings is 1. The number of halogens is 1. The molecule has 1 aromatic heterocycles. The van der Waals surface area contributed by atoms with Crippen LogP contribution in [0.3, 0.4) is 0 Å². The van der Waals surface area contributed by atoms with E-state index in [0.717, 1.165) is 25.8 Å². The van der Waals surface area contributed by atoms with Crippen molar-refractivity contribution in [3.05, 3.63) is 36.3 Å². The number of aromatic nitrogens is 3. The first-order valence-electron chi connectivity index (χ1n) is 8.71. The summed E-state index contributed by atoms with van der Waals surface area (Å²) in [5, 5.41) is 8.16. The van der Waals surface area contributed by atoms with Crippen LogP contribution in [0.5, 0.6) is 0 Å². The van der Waals surface area contributed by atoms with Crippen molar-refractivity contribution in [3.63, 3.8) is 0 Å². The van der Waals surface area contributed by atoms with Gasteiger partial charge in [0.05, 0.1) is 6.20 Å². The quantitative estimate of drug-likeness (QED) is 0.869. The van der Waals surface area contributed by atoms with Crippen molar-refractivity contribution in [2.75, 3.05) is 6.54 Å². The zero-order valence-electron chi connectivity index (χ0n) is 13.6. The molecule has 6 heteroatoms. The lowest BCUT2D eigenvalue weighted by molar-refractivity contribution is -0.133. The van der Waals surface area contributed by atoms with Crippen LogP contribution in [0.15, 0.2) is 30.5 Å². The van der Waals surface area contributed by atoms with Crippen molar-refractivity contribution in [2.24, 2.45) is 0 Å². The summed E-state index contributed by atoms with van der Waals surface area (Å²) in [5.74, 6) is -0.196. The molecule has 0 spiro atoms. The number of nitrogens with zero attached hydrogens (tertiary/aromatic N) is 4. The lowest BCUT2D eigenvalue weighted by Crippen LogP contribution is -2.39. The summed E-state index contributed by atoms with van der Waals surface area (Å²) in [6, 6.07) is 6.56. The van der Waals surface area contributed by atoms with Gasteiger partial charge < -0.3 is 4.90 Å². The number of amides is 1. The van der Waals surface area contributed by atoms with Crippen LogP contribution in [0.1, 0.15) is 44.6 Å². The molecule has 1 saturated carbocycles. The summed E-state index contributed by atoms with van der Waals surface area (Å²) < 4.78 is 15.5. The standard InChI is InChI=1S/C18H21FN4O/c19-15-9-5-4-8-14(15)16-12-23(21-20-16)17-10-11-22(18(17)24)13-6-2-1-3-7-13/h4-5,8-9,12-13,17H,1-3,6-7,10-11H2. The first-order valence-corrected chi connectivity index (χ1v) is 8.71. The second kappa shape index (κ2) is 6.34. The fourth-order valence-corrected chi connectivity index (χ4v) is 3.91. The largest absolute Gasteiger partial charge is 0.338 e. The minimum absolute atomic E-state index is 0.131. The van der Waals surface area contributed by atoms with Crippen molar-refractivity contribution in [3.8, 4) is 11.3 Å². The van der Waals surface area contributed by atoms with Crippen LogP contribution in [0.25, 0.3) is 11.3 Å². The zero-order valence-corrected chi connectivity index (χ0v) is 13.6. The lowest BCUT2D eigenvalue weighted by Gasteiger charge is -2.31. The normalized spacial score (nSPS) is 22.3. The second-order valence-corrected chi connectivity index (χ2v) is 6.69. The van der Waals surface area contributed by atoms with Crippen LogP contribution in [0, 0.1) is 5.82 Å². The van der Waals surface area contributed by atoms with Gasteiger partial charge in [-0.15, -0.1) is 5.10 Å². The Labute approximate surface area is 140 Å². The maximum absolute atomic E-state index is 13.9. The van der Waals surface area contributed by atoms with E-state index >= 15 is 0 Å². The van der Waals surface area contributed by atoms with E-state index in [2.05, 4.69) is 10.3 Å². The van der Waals surface area contributed by atoms with E-state index in [9.17, 15) is 9.18 Å². The van der Waals surface area contributed by atoms with Gasteiger partial charge in [0.2, 0.25) is 5.91 Å². The van der Waals surface area contributed by atoms with Gasteiger partial charge in [-0.05, 0) is 31.4 Å². The molecule has 1 saturated heterocycles. The number of rotatable bonds is 3. The Kier molecular flexibility index (Phi) is 4.04. The molecular formula is C18H21FN4O. The highest BCUT2D eigenvalue weighted by Crippen LogP contribution is 2.31. The average Bonchev–Trinajstić information content (AvgIpc) is 3.23. The Balaban J connectivity index is 1.53. The second-order valence-electron chi connectivity index (χ2n) is 6.69. The van der Waals surface area contributed by atoms with E-state index in [4.69, 9.17) is 0 Å². The first kappa shape index (κ1) is 15.3. The van der Waals surface area contributed by atoms with Crippen LogP contribution in [-0.4, -0.2) is 38.4 Å². The third-order valence-electron chi connectivity index (χ3n) is 5.21. The van der Waals surface area contributed by atoms with Gasteiger partial charge in [0.15, 0.2) is 0 Å². The van der Waals surface area contributed by atoms with Gasteiger partial charge in [-0.2, -0.15) is 0 Å². The molecule has 5 nitrogen and oxygen atoms in total. The summed E-state index contributed by atoms with van der Waals surface area (Å²) in [6.45, 7) is 0.781. The molecule has 1 aliphatic carbocycles. The first-order chi connectivity index (χ1) is 11.7. The molecule has 2 aliphatic rings. The molecule has 0 bridgehead atoms. The maximum Gasteiger partial charge on any atom is 0.247 e. The SMILES string of the molecule is O=C1C(n2cc(-c3ccccc3F)nn2)CCN1C1CCCCC1. The van der Waals surface area contributed by atoms with E-state index in [0.29, 0.717) is 17.3 Å². The maximum atomic E-state index is 13.9. The molecule has 1 aliphatic heterocycles. The third kappa shape index (κ3) is 2.70. The van der Waals surface area contributed by atoms with E-state index in [-0.39, 0.29) is 17.8 Å². The Morgan fingerprint density at radius 3 is 2.67 bits per heavy atom. The number of hydrogen-bond donors (Lipinski definition) is 0. The Bertz CT molecular complexity index is 738. The van der Waals surface area contributed by atoms with Crippen molar-refractivity contribution in [2.45, 2.75) is 50.6 Å². The van der Waals surface area contributed by atoms with E-state index in [1.807, 2.05) is 4.90 Å². The van der Waals surface area contributed by atoms with Crippen molar-refractivity contribution in [1.82, 2.24) is 19.9 Å². The Hall–Kier alpha value is -2.24. The summed E-state index contributed by atoms with van der Waals surface area (Å²) in [7, 11) is 0. The monoisotopic (exact) mass is 328 g/mol. The Morgan fingerprint density at radius 1 is 1.08 bits per heavy atom. The molecule has 4 rings (SSSR count). The van der Waals surface area contributed by atoms with Crippen LogP contribution in [0.4, 0.5) is 4.39 Å². The predicted molar refractivity (Wildman–Crippen MR) is 87.7 cm³/mol. The van der Waals surface area contributed by atoms with Crippen molar-refractivity contribution >= 4 is 5.91 Å². The molecule has 126 valence electrons. The molecule has 1 amide bonds. The van der Waals surface area contributed by atoms with Gasteiger partial charge in [0, 0.05) is 18.2 Å². The fourth-order valence-electron chi connectivity index (χ4n) is 3.91. The number of likely N-dealkylation sites (tertiary alicyclic amines) is 1. The Morgan fingerprint density at radius 2 is 1.88 bits per heavy atom. The van der Waals surface area contributed by atoms with Crippen LogP contribution in [0.2, 0.25) is 0 Å². The smallest absolute Gasteiger partial charge is 0.247 e. The number of carbonyl (C=O) groups excluding carboxylic acids is 1. The molecular weight excluding hydrogens is 307 g/mol. The zero-order chi connectivity index (χ0) is 16.5. The average molecular weight is 328 g/mol. The van der Waals surface area contributed by atoms with Gasteiger partial charge in [-0.1, -0.05) is 36.6 Å². The predicted octanol–water partition coefficient (Wildman–Crippen LogP) is 3.19. The fraction of sp³-hybridized carbons (Fsp3) is 0.500. The molecule has 24 heavy (non-hydrogen) atoms. The number of hydrogen-bond acceptors (Lipinski definition) is 3. The van der Waals surface area contributed by atoms with Gasteiger partial charge in [0.1, 0.15) is 17.6 Å². The highest BCUT2D eigenvalue weighted by Gasteiger charge is 2.38. The molecule has 2 fully saturated rings. The third-order valence-corrected chi connectivity index (χ3v) is 5.21. The minimum atomic E-state index is -0.328. The van der Waals surface area contributed by atoms with Gasteiger partial charge in [0.25, 0.3) is 0 Å². The summed E-state index contributed by atoms with van der Waals surface area (Å²) in [5.41, 5.74) is 0.885. The number of carbonyl (C=O) groups is 1. The van der Waals surface area contributed by atoms with Gasteiger partial charge in [-0.3, -0.25) is 4.79 Å². The molecule has 0 radical (unpaired) electrons. The van der Waals surface area contributed by atoms with Gasteiger partial charge in [-0.25, -0.2) is 9.07 Å². The summed E-state index contributed by atoms with van der Waals surface area (Å²) >= 11 is 0. The molecule has 0 N–H and O–H groups in total. The van der Waals surface area contributed by atoms with E-state index < -0.39 is 0 Å². The molecule has 1 unspecified atom stereocenters. The molecule has 2 aromatic rings. The van der Waals surface area contributed by atoms with Crippen LogP contribution in [-0.2, 0) is 4.79 Å². The highest BCUT2D eigenvalue weighted by atomic mass is 19.1. The highest BCUT2D eigenvalue weighted by molar-refractivity contribution is 5.82. The van der Waals surface area contributed by atoms with Crippen LogP contribution >= 0.6 is 0 Å². The molecule has 1 atom stereocenters. The minimum Gasteiger partial charge on any atom is -0.338 e. The topological polar surface area (TPSA) is 51.0 Å². The molecule has 1 aromatic carbocycles. The van der Waals surface area contributed by atoms with Crippen molar-refractivity contribution < 1.29 is 9.18 Å². The molecule has 2 heterocycles. The van der Waals surface area contributed by atoms with Crippen LogP contribution < -0.4 is 0 Å². The van der Waals surface area contributed by atoms with Gasteiger partial charge >= 0.3 is 0 Å². The van der Waals surface area contributed by atoms with Crippen molar-refractivity contribution in [1.29, 1.82) is 0 Å².